The van der Waals surface area contributed by atoms with Crippen LogP contribution in [-0.4, -0.2) is 132 Å². The summed E-state index contributed by atoms with van der Waals surface area (Å²) in [6, 6.07) is 0. The van der Waals surface area contributed by atoms with Crippen LogP contribution < -0.4 is 0 Å². The Balaban J connectivity index is 1.29. The number of aliphatic hydroxyl groups excluding tert-OH is 3. The van der Waals surface area contributed by atoms with Gasteiger partial charge >= 0.3 is 17.9 Å². The summed E-state index contributed by atoms with van der Waals surface area (Å²) >= 11 is 0. The first-order chi connectivity index (χ1) is 21.1. The van der Waals surface area contributed by atoms with Gasteiger partial charge in [0.2, 0.25) is 6.29 Å². The van der Waals surface area contributed by atoms with E-state index in [0.29, 0.717) is 6.42 Å². The Bertz CT molecular complexity index is 1360. The molecule has 8 aliphatic rings. The van der Waals surface area contributed by atoms with E-state index >= 15 is 0 Å². The molecular weight excluding hydrogens is 600 g/mol. The van der Waals surface area contributed by atoms with Gasteiger partial charge in [0.05, 0.1) is 58.0 Å². The average molecular weight is 641 g/mol. The Morgan fingerprint density at radius 1 is 0.911 bits per heavy atom. The van der Waals surface area contributed by atoms with Crippen LogP contribution in [0.15, 0.2) is 0 Å². The van der Waals surface area contributed by atoms with E-state index in [-0.39, 0.29) is 26.1 Å². The van der Waals surface area contributed by atoms with E-state index in [4.69, 9.17) is 37.9 Å². The number of fused-ring (bicyclic) bond motifs is 7. The molecule has 3 aliphatic carbocycles. The van der Waals surface area contributed by atoms with Crippen molar-refractivity contribution in [3.8, 4) is 0 Å². The largest absolute Gasteiger partial charge is 0.468 e. The first-order valence-electron chi connectivity index (χ1n) is 15.5. The fourth-order valence-electron chi connectivity index (χ4n) is 11.9. The lowest BCUT2D eigenvalue weighted by Gasteiger charge is -2.65. The minimum atomic E-state index is -1.65. The molecule has 45 heavy (non-hydrogen) atoms. The van der Waals surface area contributed by atoms with E-state index in [9.17, 15) is 34.8 Å². The molecule has 5 saturated heterocycles. The Labute approximate surface area is 258 Å². The summed E-state index contributed by atoms with van der Waals surface area (Å²) in [6.45, 7) is 4.33. The van der Waals surface area contributed by atoms with E-state index in [1.165, 1.54) is 21.1 Å². The minimum Gasteiger partial charge on any atom is -0.468 e. The lowest BCUT2D eigenvalue weighted by Crippen LogP contribution is -2.77. The number of rotatable bonds is 4. The van der Waals surface area contributed by atoms with E-state index in [0.717, 1.165) is 0 Å². The van der Waals surface area contributed by atoms with E-state index < -0.39 is 118 Å². The van der Waals surface area contributed by atoms with Gasteiger partial charge in [-0.2, -0.15) is 0 Å². The molecular formula is C30H40O15. The van der Waals surface area contributed by atoms with E-state index in [2.05, 4.69) is 0 Å². The van der Waals surface area contributed by atoms with Crippen LogP contribution in [0.1, 0.15) is 40.0 Å². The highest BCUT2D eigenvalue weighted by molar-refractivity contribution is 5.80. The number of hydrogen-bond donors (Lipinski definition) is 4. The highest BCUT2D eigenvalue weighted by Crippen LogP contribution is 2.82. The van der Waals surface area contributed by atoms with Crippen molar-refractivity contribution in [3.05, 3.63) is 0 Å². The van der Waals surface area contributed by atoms with E-state index in [1.807, 2.05) is 6.92 Å². The fourth-order valence-corrected chi connectivity index (χ4v) is 11.9. The maximum Gasteiger partial charge on any atom is 0.335 e. The molecule has 8 fully saturated rings. The minimum absolute atomic E-state index is 0.0593. The van der Waals surface area contributed by atoms with Gasteiger partial charge in [0.1, 0.15) is 22.2 Å². The molecule has 5 aliphatic heterocycles. The lowest BCUT2D eigenvalue weighted by molar-refractivity contribution is -0.307. The summed E-state index contributed by atoms with van der Waals surface area (Å²) in [6.07, 6.45) is -9.45. The molecule has 4 N–H and O–H groups in total. The molecule has 15 heteroatoms. The van der Waals surface area contributed by atoms with Crippen LogP contribution in [0.4, 0.5) is 0 Å². The third-order valence-electron chi connectivity index (χ3n) is 13.4. The second-order valence-electron chi connectivity index (χ2n) is 14.7. The molecule has 17 atom stereocenters. The smallest absolute Gasteiger partial charge is 0.335 e. The molecule has 0 aromatic carbocycles. The quantitative estimate of drug-likeness (QED) is 0.151. The van der Waals surface area contributed by atoms with Gasteiger partial charge in [0.15, 0.2) is 12.4 Å². The van der Waals surface area contributed by atoms with E-state index in [1.54, 1.807) is 6.92 Å². The van der Waals surface area contributed by atoms with Crippen molar-refractivity contribution in [2.75, 3.05) is 27.4 Å². The molecule has 15 nitrogen and oxygen atoms in total. The average Bonchev–Trinajstić information content (AvgIpc) is 3.38. The molecule has 1 spiro atoms. The van der Waals surface area contributed by atoms with Crippen LogP contribution in [0, 0.1) is 34.0 Å². The lowest BCUT2D eigenvalue weighted by atomic mass is 9.38. The molecule has 3 saturated carbocycles. The highest BCUT2D eigenvalue weighted by Gasteiger charge is 2.95. The summed E-state index contributed by atoms with van der Waals surface area (Å²) in [5.41, 5.74) is -8.62. The van der Waals surface area contributed by atoms with Crippen LogP contribution in [-0.2, 0) is 52.3 Å². The zero-order valence-corrected chi connectivity index (χ0v) is 25.7. The van der Waals surface area contributed by atoms with Crippen molar-refractivity contribution in [2.24, 2.45) is 34.0 Å². The van der Waals surface area contributed by atoms with Gasteiger partial charge in [0.25, 0.3) is 0 Å². The van der Waals surface area contributed by atoms with Crippen LogP contribution in [0.2, 0.25) is 0 Å². The summed E-state index contributed by atoms with van der Waals surface area (Å²) in [5, 5.41) is 47.9. The van der Waals surface area contributed by atoms with Gasteiger partial charge < -0.3 is 58.3 Å². The van der Waals surface area contributed by atoms with Crippen LogP contribution in [0.3, 0.4) is 0 Å². The number of methoxy groups -OCH3 is 2. The van der Waals surface area contributed by atoms with Gasteiger partial charge in [-0.1, -0.05) is 6.92 Å². The summed E-state index contributed by atoms with van der Waals surface area (Å²) < 4.78 is 47.1. The van der Waals surface area contributed by atoms with Crippen molar-refractivity contribution in [2.45, 2.75) is 106 Å². The number of esters is 3. The maximum atomic E-state index is 13.5. The topological polar surface area (TPSA) is 209 Å². The Morgan fingerprint density at radius 3 is 2.31 bits per heavy atom. The number of carbonyl (C=O) groups is 3. The van der Waals surface area contributed by atoms with Crippen molar-refractivity contribution >= 4 is 17.9 Å². The van der Waals surface area contributed by atoms with Gasteiger partial charge in [-0.05, 0) is 13.3 Å². The molecule has 0 unspecified atom stereocenters. The molecule has 250 valence electrons. The first kappa shape index (κ1) is 30.4. The van der Waals surface area contributed by atoms with Crippen LogP contribution >= 0.6 is 0 Å². The number of aliphatic hydroxyl groups is 4. The second-order valence-corrected chi connectivity index (χ2v) is 14.7. The molecule has 5 heterocycles. The normalized spacial score (nSPS) is 59.8. The third-order valence-corrected chi connectivity index (χ3v) is 13.4. The van der Waals surface area contributed by atoms with Crippen molar-refractivity contribution in [1.82, 2.24) is 0 Å². The zero-order valence-electron chi connectivity index (χ0n) is 25.7. The van der Waals surface area contributed by atoms with Crippen molar-refractivity contribution in [3.63, 3.8) is 0 Å². The SMILES string of the molecule is COC(=O)[C@H]1OC[C@]23[C@@H]1[C@](C)([C@]14O[C@@]1(C)[C@H]1C[C@@H]4O[C@@H]4O[C@H](OC(C)=O)C[C@@]41O)[C@H](O)[C@@H]1OC[C@](C(=O)OC)([C@H](O)C[C@@H]2O)[C@H]13. The van der Waals surface area contributed by atoms with Crippen molar-refractivity contribution in [1.29, 1.82) is 0 Å². The molecule has 0 radical (unpaired) electrons. The maximum absolute atomic E-state index is 13.5. The number of epoxide rings is 1. The molecule has 2 bridgehead atoms. The monoisotopic (exact) mass is 640 g/mol. The van der Waals surface area contributed by atoms with Gasteiger partial charge in [-0.15, -0.1) is 0 Å². The highest BCUT2D eigenvalue weighted by atomic mass is 16.8. The molecule has 0 amide bonds. The predicted molar refractivity (Wildman–Crippen MR) is 141 cm³/mol. The first-order valence-corrected chi connectivity index (χ1v) is 15.5. The summed E-state index contributed by atoms with van der Waals surface area (Å²) in [5.74, 6) is -4.68. The Hall–Kier alpha value is -1.95. The van der Waals surface area contributed by atoms with Crippen LogP contribution in [0.25, 0.3) is 0 Å². The predicted octanol–water partition coefficient (Wildman–Crippen LogP) is -1.85. The molecule has 0 aromatic rings. The third kappa shape index (κ3) is 3.04. The van der Waals surface area contributed by atoms with Crippen molar-refractivity contribution < 1.29 is 72.7 Å². The molecule has 0 aromatic heterocycles. The number of hydrogen-bond acceptors (Lipinski definition) is 15. The molecule has 8 rings (SSSR count). The standard InChI is InChI=1S/C30H40O15/c1-11(31)42-16-8-29(37)12-6-15(43-24(29)44-16)30(26(12,3)45-30)25(2)19-18(22(35)38-4)41-9-27(19)13(32)7-14(33)28(23(36)39-5)10-40-17(20(27)28)21(25)34/h12-21,24,32-34,37H,6-10H2,1-5H3/t12-,13+,14-,15+,16+,17-,18+,19+,20-,21-,24-,25+,26+,27-,28+,29+,30+/m1/s1. The second kappa shape index (κ2) is 8.94. The Kier molecular flexibility index (Phi) is 6.03. The van der Waals surface area contributed by atoms with Gasteiger partial charge in [0, 0.05) is 48.3 Å². The zero-order chi connectivity index (χ0) is 32.3. The number of ether oxygens (including phenoxy) is 8. The van der Waals surface area contributed by atoms with Crippen LogP contribution in [0.5, 0.6) is 0 Å². The fraction of sp³-hybridized carbons (Fsp3) is 0.900. The van der Waals surface area contributed by atoms with Gasteiger partial charge in [-0.25, -0.2) is 4.79 Å². The summed E-state index contributed by atoms with van der Waals surface area (Å²) in [7, 11) is 2.41. The summed E-state index contributed by atoms with van der Waals surface area (Å²) in [4.78, 5) is 38.7. The van der Waals surface area contributed by atoms with Gasteiger partial charge in [-0.3, -0.25) is 9.59 Å². The Morgan fingerprint density at radius 2 is 1.64 bits per heavy atom. The number of carbonyl (C=O) groups excluding carboxylic acids is 3.